The van der Waals surface area contributed by atoms with E-state index < -0.39 is 23.5 Å². The first-order chi connectivity index (χ1) is 8.38. The molecule has 0 spiro atoms. The molecule has 1 aromatic rings. The third kappa shape index (κ3) is 4.46. The van der Waals surface area contributed by atoms with Gasteiger partial charge >= 0.3 is 5.97 Å². The normalized spacial score (nSPS) is 10.4. The van der Waals surface area contributed by atoms with E-state index in [0.29, 0.717) is 0 Å². The highest BCUT2D eigenvalue weighted by Crippen LogP contribution is 2.12. The average molecular weight is 258 g/mol. The van der Waals surface area contributed by atoms with Crippen LogP contribution in [0, 0.1) is 11.6 Å². The molecule has 2 N–H and O–H groups in total. The Balaban J connectivity index is 2.54. The van der Waals surface area contributed by atoms with Crippen molar-refractivity contribution in [1.82, 2.24) is 4.90 Å². The molecular weight excluding hydrogens is 246 g/mol. The summed E-state index contributed by atoms with van der Waals surface area (Å²) in [5, 5.41) is 10.8. The number of nitrogens with zero attached hydrogens (tertiary/aromatic N) is 1. The van der Waals surface area contributed by atoms with Gasteiger partial charge in [-0.15, -0.1) is 0 Å². The molecule has 1 aromatic carbocycles. The Bertz CT molecular complexity index is 466. The first kappa shape index (κ1) is 14.0. The lowest BCUT2D eigenvalue weighted by Crippen LogP contribution is -2.33. The molecule has 0 aliphatic carbocycles. The number of likely N-dealkylation sites (N-methyl/N-ethyl adjacent to an activating group) is 1. The van der Waals surface area contributed by atoms with Crippen molar-refractivity contribution in [2.45, 2.75) is 0 Å². The molecule has 0 unspecified atom stereocenters. The number of carbonyl (C=O) groups excluding carboxylic acids is 1. The lowest BCUT2D eigenvalue weighted by atomic mass is 10.3. The summed E-state index contributed by atoms with van der Waals surface area (Å²) in [4.78, 5) is 23.1. The van der Waals surface area contributed by atoms with Gasteiger partial charge in [-0.25, -0.2) is 8.78 Å². The Hall–Kier alpha value is -2.02. The van der Waals surface area contributed by atoms with Crippen LogP contribution >= 0.6 is 0 Å². The topological polar surface area (TPSA) is 69.6 Å². The van der Waals surface area contributed by atoms with Gasteiger partial charge in [0.25, 0.3) is 0 Å². The minimum absolute atomic E-state index is 0.114. The molecule has 1 amide bonds. The molecule has 98 valence electrons. The van der Waals surface area contributed by atoms with Gasteiger partial charge in [0.1, 0.15) is 0 Å². The molecule has 7 heteroatoms. The van der Waals surface area contributed by atoms with Crippen LogP contribution in [0.2, 0.25) is 0 Å². The standard InChI is InChI=1S/C11H12F2N2O3/c1-15(6-11(17)18)5-10(16)14-7-2-3-8(12)9(13)4-7/h2-4H,5-6H2,1H3,(H,14,16)(H,17,18). The fourth-order valence-electron chi connectivity index (χ4n) is 1.31. The Labute approximate surface area is 102 Å². The second-order valence-corrected chi connectivity index (χ2v) is 3.74. The van der Waals surface area contributed by atoms with E-state index in [1.165, 1.54) is 18.0 Å². The molecule has 0 fully saturated rings. The zero-order valence-electron chi connectivity index (χ0n) is 9.61. The van der Waals surface area contributed by atoms with Crippen molar-refractivity contribution in [3.63, 3.8) is 0 Å². The summed E-state index contributed by atoms with van der Waals surface area (Å²) in [6.07, 6.45) is 0. The van der Waals surface area contributed by atoms with Crippen LogP contribution in [0.5, 0.6) is 0 Å². The lowest BCUT2D eigenvalue weighted by molar-refractivity contribution is -0.138. The van der Waals surface area contributed by atoms with Gasteiger partial charge in [-0.05, 0) is 19.2 Å². The van der Waals surface area contributed by atoms with Crippen LogP contribution in [-0.4, -0.2) is 42.0 Å². The molecule has 0 aromatic heterocycles. The van der Waals surface area contributed by atoms with Gasteiger partial charge in [0.15, 0.2) is 11.6 Å². The van der Waals surface area contributed by atoms with Crippen LogP contribution < -0.4 is 5.32 Å². The summed E-state index contributed by atoms with van der Waals surface area (Å²) >= 11 is 0. The van der Waals surface area contributed by atoms with Crippen molar-refractivity contribution < 1.29 is 23.5 Å². The van der Waals surface area contributed by atoms with Gasteiger partial charge in [-0.3, -0.25) is 14.5 Å². The third-order valence-corrected chi connectivity index (χ3v) is 2.02. The number of carboxylic acid groups (broad SMARTS) is 1. The molecule has 0 atom stereocenters. The van der Waals surface area contributed by atoms with E-state index >= 15 is 0 Å². The van der Waals surface area contributed by atoms with Gasteiger partial charge in [0, 0.05) is 11.8 Å². The zero-order valence-corrected chi connectivity index (χ0v) is 9.61. The third-order valence-electron chi connectivity index (χ3n) is 2.02. The predicted molar refractivity (Wildman–Crippen MR) is 60.1 cm³/mol. The van der Waals surface area contributed by atoms with Crippen molar-refractivity contribution in [1.29, 1.82) is 0 Å². The summed E-state index contributed by atoms with van der Waals surface area (Å²) < 4.78 is 25.5. The van der Waals surface area contributed by atoms with Crippen molar-refractivity contribution in [2.24, 2.45) is 0 Å². The summed E-state index contributed by atoms with van der Waals surface area (Å²) in [6.45, 7) is -0.448. The number of carboxylic acids is 1. The molecule has 5 nitrogen and oxygen atoms in total. The number of hydrogen-bond donors (Lipinski definition) is 2. The molecular formula is C11H12F2N2O3. The lowest BCUT2D eigenvalue weighted by Gasteiger charge is -2.13. The molecule has 0 aliphatic heterocycles. The highest BCUT2D eigenvalue weighted by molar-refractivity contribution is 5.92. The molecule has 0 saturated heterocycles. The second-order valence-electron chi connectivity index (χ2n) is 3.74. The molecule has 1 rings (SSSR count). The summed E-state index contributed by atoms with van der Waals surface area (Å²) in [5.74, 6) is -3.63. The fourth-order valence-corrected chi connectivity index (χ4v) is 1.31. The van der Waals surface area contributed by atoms with Gasteiger partial charge in [-0.2, -0.15) is 0 Å². The number of hydrogen-bond acceptors (Lipinski definition) is 3. The first-order valence-electron chi connectivity index (χ1n) is 5.03. The van der Waals surface area contributed by atoms with E-state index in [1.807, 2.05) is 0 Å². The minimum atomic E-state index is -1.06. The Morgan fingerprint density at radius 3 is 2.50 bits per heavy atom. The Morgan fingerprint density at radius 1 is 1.28 bits per heavy atom. The number of amides is 1. The molecule has 0 aliphatic rings. The van der Waals surface area contributed by atoms with Gasteiger partial charge in [0.2, 0.25) is 5.91 Å². The SMILES string of the molecule is CN(CC(=O)O)CC(=O)Nc1ccc(F)c(F)c1. The van der Waals surface area contributed by atoms with E-state index in [-0.39, 0.29) is 18.8 Å². The van der Waals surface area contributed by atoms with Crippen LogP contribution in [-0.2, 0) is 9.59 Å². The van der Waals surface area contributed by atoms with Gasteiger partial charge in [0.05, 0.1) is 13.1 Å². The van der Waals surface area contributed by atoms with E-state index in [4.69, 9.17) is 5.11 Å². The summed E-state index contributed by atoms with van der Waals surface area (Å²) in [6, 6.07) is 2.96. The molecule has 0 heterocycles. The van der Waals surface area contributed by atoms with Crippen molar-refractivity contribution in [3.8, 4) is 0 Å². The van der Waals surface area contributed by atoms with E-state index in [2.05, 4.69) is 5.32 Å². The number of anilines is 1. The quantitative estimate of drug-likeness (QED) is 0.824. The smallest absolute Gasteiger partial charge is 0.317 e. The fraction of sp³-hybridized carbons (Fsp3) is 0.273. The van der Waals surface area contributed by atoms with Crippen LogP contribution in [0.15, 0.2) is 18.2 Å². The molecule has 0 radical (unpaired) electrons. The first-order valence-corrected chi connectivity index (χ1v) is 5.03. The van der Waals surface area contributed by atoms with Crippen molar-refractivity contribution in [2.75, 3.05) is 25.5 Å². The van der Waals surface area contributed by atoms with Crippen molar-refractivity contribution >= 4 is 17.6 Å². The molecule has 18 heavy (non-hydrogen) atoms. The predicted octanol–water partition coefficient (Wildman–Crippen LogP) is 0.920. The minimum Gasteiger partial charge on any atom is -0.480 e. The van der Waals surface area contributed by atoms with E-state index in [0.717, 1.165) is 12.1 Å². The number of nitrogens with one attached hydrogen (secondary N) is 1. The molecule has 0 bridgehead atoms. The van der Waals surface area contributed by atoms with E-state index in [1.54, 1.807) is 0 Å². The van der Waals surface area contributed by atoms with Gasteiger partial charge < -0.3 is 10.4 Å². The maximum absolute atomic E-state index is 12.8. The number of benzene rings is 1. The number of rotatable bonds is 5. The number of halogens is 2. The maximum Gasteiger partial charge on any atom is 0.317 e. The Morgan fingerprint density at radius 2 is 1.94 bits per heavy atom. The monoisotopic (exact) mass is 258 g/mol. The largest absolute Gasteiger partial charge is 0.480 e. The molecule has 0 saturated carbocycles. The van der Waals surface area contributed by atoms with Crippen LogP contribution in [0.3, 0.4) is 0 Å². The van der Waals surface area contributed by atoms with Crippen LogP contribution in [0.1, 0.15) is 0 Å². The summed E-state index contributed by atoms with van der Waals surface area (Å²) in [5.41, 5.74) is 0.114. The highest BCUT2D eigenvalue weighted by Gasteiger charge is 2.10. The Kier molecular flexibility index (Phi) is 4.73. The number of aliphatic carboxylic acids is 1. The van der Waals surface area contributed by atoms with Crippen LogP contribution in [0.25, 0.3) is 0 Å². The average Bonchev–Trinajstić information content (AvgIpc) is 2.21. The van der Waals surface area contributed by atoms with Gasteiger partial charge in [-0.1, -0.05) is 0 Å². The summed E-state index contributed by atoms with van der Waals surface area (Å²) in [7, 11) is 1.46. The maximum atomic E-state index is 12.8. The highest BCUT2D eigenvalue weighted by atomic mass is 19.2. The zero-order chi connectivity index (χ0) is 13.7. The van der Waals surface area contributed by atoms with Crippen molar-refractivity contribution in [3.05, 3.63) is 29.8 Å². The number of carbonyl (C=O) groups is 2. The second kappa shape index (κ2) is 6.06. The van der Waals surface area contributed by atoms with E-state index in [9.17, 15) is 18.4 Å². The van der Waals surface area contributed by atoms with Crippen LogP contribution in [0.4, 0.5) is 14.5 Å².